The van der Waals surface area contributed by atoms with E-state index in [1.54, 1.807) is 33.1 Å². The molecule has 188 valence electrons. The van der Waals surface area contributed by atoms with E-state index in [-0.39, 0.29) is 11.9 Å². The number of urea groups is 1. The minimum absolute atomic E-state index is 0.0993. The van der Waals surface area contributed by atoms with E-state index in [0.29, 0.717) is 23.8 Å². The van der Waals surface area contributed by atoms with Crippen molar-refractivity contribution in [3.8, 4) is 17.2 Å². The first-order chi connectivity index (χ1) is 16.4. The van der Waals surface area contributed by atoms with E-state index in [1.807, 2.05) is 37.6 Å². The van der Waals surface area contributed by atoms with Crippen molar-refractivity contribution in [3.63, 3.8) is 0 Å². The van der Waals surface area contributed by atoms with Gasteiger partial charge in [-0.1, -0.05) is 26.2 Å². The zero-order valence-corrected chi connectivity index (χ0v) is 22.9. The standard InChI is InChI=1S/C25H37N3O4S2/c1-8-9-10-11-17(18-13-19(30-3)23(32-5)20(14-18)31-4)15-26-25(29)28-22-21(33-6)12-16(2)27-24(22)34-7/h12-14,17H,8-11,15H2,1-7H3,(H2,26,28,29). The fraction of sp³-hybridized carbons (Fsp3) is 0.520. The van der Waals surface area contributed by atoms with E-state index >= 15 is 0 Å². The van der Waals surface area contributed by atoms with Gasteiger partial charge in [-0.15, -0.1) is 23.5 Å². The van der Waals surface area contributed by atoms with Crippen molar-refractivity contribution in [1.82, 2.24) is 10.3 Å². The number of methoxy groups -OCH3 is 3. The fourth-order valence-corrected chi connectivity index (χ4v) is 5.08. The maximum Gasteiger partial charge on any atom is 0.319 e. The number of unbranched alkanes of at least 4 members (excludes halogenated alkanes) is 2. The summed E-state index contributed by atoms with van der Waals surface area (Å²) in [5.41, 5.74) is 2.72. The number of pyridine rings is 1. The molecule has 0 saturated carbocycles. The number of nitrogens with one attached hydrogen (secondary N) is 2. The van der Waals surface area contributed by atoms with Crippen LogP contribution in [-0.4, -0.2) is 51.4 Å². The van der Waals surface area contributed by atoms with E-state index in [2.05, 4.69) is 22.5 Å². The van der Waals surface area contributed by atoms with Crippen molar-refractivity contribution >= 4 is 35.2 Å². The van der Waals surface area contributed by atoms with Gasteiger partial charge in [-0.05, 0) is 49.6 Å². The SMILES string of the molecule is CCCCCC(CNC(=O)Nc1c(SC)cc(C)nc1SC)c1cc(OC)c(OC)c(OC)c1. The highest BCUT2D eigenvalue weighted by Crippen LogP contribution is 2.41. The van der Waals surface area contributed by atoms with E-state index < -0.39 is 0 Å². The van der Waals surface area contributed by atoms with Crippen molar-refractivity contribution in [1.29, 1.82) is 0 Å². The van der Waals surface area contributed by atoms with E-state index in [4.69, 9.17) is 14.2 Å². The highest BCUT2D eigenvalue weighted by molar-refractivity contribution is 7.99. The summed E-state index contributed by atoms with van der Waals surface area (Å²) in [6.45, 7) is 4.63. The Morgan fingerprint density at radius 3 is 2.24 bits per heavy atom. The molecule has 2 amide bonds. The van der Waals surface area contributed by atoms with Gasteiger partial charge in [0.05, 0.1) is 27.0 Å². The van der Waals surface area contributed by atoms with Gasteiger partial charge in [-0.25, -0.2) is 9.78 Å². The Bertz CT molecular complexity index is 906. The second-order valence-corrected chi connectivity index (χ2v) is 9.48. The summed E-state index contributed by atoms with van der Waals surface area (Å²) in [4.78, 5) is 18.5. The number of amides is 2. The van der Waals surface area contributed by atoms with Gasteiger partial charge >= 0.3 is 6.03 Å². The molecule has 0 aliphatic rings. The number of carbonyl (C=O) groups excluding carboxylic acids is 1. The summed E-state index contributed by atoms with van der Waals surface area (Å²) in [5, 5.41) is 6.90. The first-order valence-electron chi connectivity index (χ1n) is 11.4. The molecule has 34 heavy (non-hydrogen) atoms. The highest BCUT2D eigenvalue weighted by Gasteiger charge is 2.20. The van der Waals surface area contributed by atoms with Crippen molar-refractivity contribution in [2.75, 3.05) is 45.7 Å². The predicted octanol–water partition coefficient (Wildman–Crippen LogP) is 6.35. The lowest BCUT2D eigenvalue weighted by Gasteiger charge is -2.22. The van der Waals surface area contributed by atoms with Crippen molar-refractivity contribution in [2.45, 2.75) is 55.4 Å². The molecule has 0 aliphatic carbocycles. The average molecular weight is 508 g/mol. The second-order valence-electron chi connectivity index (χ2n) is 7.84. The molecular formula is C25H37N3O4S2. The summed E-state index contributed by atoms with van der Waals surface area (Å²) in [6, 6.07) is 5.69. The molecule has 0 saturated heterocycles. The van der Waals surface area contributed by atoms with Crippen LogP contribution >= 0.6 is 23.5 Å². The van der Waals surface area contributed by atoms with E-state index in [0.717, 1.165) is 52.5 Å². The third-order valence-corrected chi connectivity index (χ3v) is 7.00. The van der Waals surface area contributed by atoms with Crippen LogP contribution in [0, 0.1) is 6.92 Å². The van der Waals surface area contributed by atoms with Crippen molar-refractivity contribution in [2.24, 2.45) is 0 Å². The van der Waals surface area contributed by atoms with Crippen molar-refractivity contribution < 1.29 is 19.0 Å². The molecule has 2 aromatic rings. The summed E-state index contributed by atoms with van der Waals surface area (Å²) in [7, 11) is 4.82. The molecular weight excluding hydrogens is 470 g/mol. The van der Waals surface area contributed by atoms with Crippen LogP contribution in [0.3, 0.4) is 0 Å². The molecule has 1 aromatic carbocycles. The number of nitrogens with zero attached hydrogens (tertiary/aromatic N) is 1. The molecule has 0 fully saturated rings. The summed E-state index contributed by atoms with van der Waals surface area (Å²) >= 11 is 3.11. The first kappa shape index (κ1) is 28.0. The molecule has 1 atom stereocenters. The minimum atomic E-state index is -0.246. The lowest BCUT2D eigenvalue weighted by molar-refractivity contribution is 0.251. The Morgan fingerprint density at radius 1 is 1.03 bits per heavy atom. The second kappa shape index (κ2) is 14.2. The molecule has 1 aromatic heterocycles. The zero-order valence-electron chi connectivity index (χ0n) is 21.2. The van der Waals surface area contributed by atoms with Gasteiger partial charge in [0.25, 0.3) is 0 Å². The van der Waals surface area contributed by atoms with Gasteiger partial charge in [0.15, 0.2) is 11.5 Å². The van der Waals surface area contributed by atoms with Crippen LogP contribution in [0.2, 0.25) is 0 Å². The number of hydrogen-bond acceptors (Lipinski definition) is 7. The fourth-order valence-electron chi connectivity index (χ4n) is 3.78. The number of rotatable bonds is 13. The summed E-state index contributed by atoms with van der Waals surface area (Å²) in [6.07, 6.45) is 8.22. The van der Waals surface area contributed by atoms with Gasteiger partial charge in [-0.2, -0.15) is 0 Å². The number of hydrogen-bond donors (Lipinski definition) is 2. The van der Waals surface area contributed by atoms with Gasteiger partial charge in [0.2, 0.25) is 5.75 Å². The third-order valence-electron chi connectivity index (χ3n) is 5.55. The molecule has 0 spiro atoms. The molecule has 0 bridgehead atoms. The lowest BCUT2D eigenvalue weighted by atomic mass is 9.92. The maximum atomic E-state index is 12.9. The topological polar surface area (TPSA) is 81.7 Å². The predicted molar refractivity (Wildman–Crippen MR) is 143 cm³/mol. The van der Waals surface area contributed by atoms with Crippen LogP contribution in [0.5, 0.6) is 17.2 Å². The van der Waals surface area contributed by atoms with E-state index in [1.165, 1.54) is 11.8 Å². The smallest absolute Gasteiger partial charge is 0.319 e. The molecule has 2 rings (SSSR count). The molecule has 7 nitrogen and oxygen atoms in total. The highest BCUT2D eigenvalue weighted by atomic mass is 32.2. The van der Waals surface area contributed by atoms with E-state index in [9.17, 15) is 4.79 Å². The Hall–Kier alpha value is -2.26. The Kier molecular flexibility index (Phi) is 11.7. The number of carbonyl (C=O) groups is 1. The normalized spacial score (nSPS) is 11.6. The molecule has 0 radical (unpaired) electrons. The van der Waals surface area contributed by atoms with Crippen LogP contribution in [0.25, 0.3) is 0 Å². The summed E-state index contributed by atoms with van der Waals surface area (Å²) in [5.74, 6) is 1.89. The third kappa shape index (κ3) is 7.37. The largest absolute Gasteiger partial charge is 0.493 e. The number of aromatic nitrogens is 1. The average Bonchev–Trinajstić information content (AvgIpc) is 2.85. The van der Waals surface area contributed by atoms with Crippen LogP contribution in [-0.2, 0) is 0 Å². The van der Waals surface area contributed by atoms with Gasteiger partial charge in [0.1, 0.15) is 5.03 Å². The summed E-state index contributed by atoms with van der Waals surface area (Å²) < 4.78 is 16.6. The molecule has 9 heteroatoms. The number of ether oxygens (including phenoxy) is 3. The number of aryl methyl sites for hydroxylation is 1. The number of thioether (sulfide) groups is 2. The molecule has 1 unspecified atom stereocenters. The van der Waals surface area contributed by atoms with Gasteiger partial charge in [-0.3, -0.25) is 0 Å². The van der Waals surface area contributed by atoms with Crippen LogP contribution in [0.1, 0.15) is 49.8 Å². The van der Waals surface area contributed by atoms with Crippen LogP contribution in [0.4, 0.5) is 10.5 Å². The number of benzene rings is 1. The Labute approximate surface area is 212 Å². The number of anilines is 1. The maximum absolute atomic E-state index is 12.9. The van der Waals surface area contributed by atoms with Crippen LogP contribution < -0.4 is 24.8 Å². The Balaban J connectivity index is 2.24. The monoisotopic (exact) mass is 507 g/mol. The quantitative estimate of drug-likeness (QED) is 0.242. The van der Waals surface area contributed by atoms with Crippen molar-refractivity contribution in [3.05, 3.63) is 29.5 Å². The first-order valence-corrected chi connectivity index (χ1v) is 13.8. The molecule has 2 N–H and O–H groups in total. The lowest BCUT2D eigenvalue weighted by Crippen LogP contribution is -2.33. The van der Waals surface area contributed by atoms with Gasteiger partial charge in [0, 0.05) is 23.1 Å². The minimum Gasteiger partial charge on any atom is -0.493 e. The Morgan fingerprint density at radius 2 is 1.71 bits per heavy atom. The molecule has 1 heterocycles. The zero-order chi connectivity index (χ0) is 25.1. The van der Waals surface area contributed by atoms with Crippen LogP contribution in [0.15, 0.2) is 28.1 Å². The molecule has 0 aliphatic heterocycles. The van der Waals surface area contributed by atoms with Gasteiger partial charge < -0.3 is 24.8 Å².